The second-order valence-corrected chi connectivity index (χ2v) is 5.26. The lowest BCUT2D eigenvalue weighted by Gasteiger charge is -2.46. The molecule has 8 nitrogen and oxygen atoms in total. The molecule has 0 aliphatic carbocycles. The zero-order valence-corrected chi connectivity index (χ0v) is 12.5. The molecule has 1 aromatic rings. The highest BCUT2D eigenvalue weighted by atomic mass is 16.6. The minimum absolute atomic E-state index is 0.0614. The van der Waals surface area contributed by atoms with Crippen LogP contribution in [0.2, 0.25) is 0 Å². The first-order chi connectivity index (χ1) is 10.9. The van der Waals surface area contributed by atoms with Gasteiger partial charge in [0.15, 0.2) is 6.29 Å². The summed E-state index contributed by atoms with van der Waals surface area (Å²) in [6.45, 7) is 1.22. The van der Waals surface area contributed by atoms with Crippen molar-refractivity contribution in [3.63, 3.8) is 0 Å². The fourth-order valence-electron chi connectivity index (χ4n) is 2.58. The Kier molecular flexibility index (Phi) is 5.35. The molecule has 1 fully saturated rings. The number of hydrogen-bond donors (Lipinski definition) is 5. The summed E-state index contributed by atoms with van der Waals surface area (Å²) in [5.74, 6) is -0.549. The zero-order valence-electron chi connectivity index (χ0n) is 12.5. The maximum absolute atomic E-state index is 11.6. The second-order valence-electron chi connectivity index (χ2n) is 5.26. The van der Waals surface area contributed by atoms with E-state index >= 15 is 0 Å². The van der Waals surface area contributed by atoms with Crippen LogP contribution in [0.5, 0.6) is 0 Å². The van der Waals surface area contributed by atoms with Gasteiger partial charge in [0.2, 0.25) is 0 Å². The molecule has 1 heterocycles. The smallest absolute Gasteiger partial charge is 0.338 e. The first-order valence-corrected chi connectivity index (χ1v) is 7.16. The zero-order chi connectivity index (χ0) is 17.2. The van der Waals surface area contributed by atoms with Gasteiger partial charge in [0.1, 0.15) is 23.9 Å². The monoisotopic (exact) mass is 328 g/mol. The number of aliphatic hydroxyl groups is 5. The quantitative estimate of drug-likeness (QED) is 0.420. The number of ether oxygens (including phenoxy) is 2. The third-order valence-corrected chi connectivity index (χ3v) is 3.88. The van der Waals surface area contributed by atoms with Crippen molar-refractivity contribution in [2.24, 2.45) is 0 Å². The van der Waals surface area contributed by atoms with Gasteiger partial charge in [-0.25, -0.2) is 4.79 Å². The number of hydrogen-bond acceptors (Lipinski definition) is 8. The maximum atomic E-state index is 11.6. The molecule has 128 valence electrons. The molecule has 0 radical (unpaired) electrons. The van der Waals surface area contributed by atoms with Gasteiger partial charge < -0.3 is 35.0 Å². The molecule has 0 unspecified atom stereocenters. The predicted octanol–water partition coefficient (Wildman–Crippen LogP) is -1.52. The summed E-state index contributed by atoms with van der Waals surface area (Å²) in [7, 11) is 0. The lowest BCUT2D eigenvalue weighted by Crippen LogP contribution is -2.65. The highest BCUT2D eigenvalue weighted by molar-refractivity contribution is 5.89. The Balaban J connectivity index is 2.35. The van der Waals surface area contributed by atoms with Crippen molar-refractivity contribution in [2.75, 3.05) is 13.2 Å². The van der Waals surface area contributed by atoms with Crippen LogP contribution in [0.3, 0.4) is 0 Å². The molecule has 0 bridgehead atoms. The Labute approximate surface area is 132 Å². The number of benzene rings is 1. The number of esters is 1. The summed E-state index contributed by atoms with van der Waals surface area (Å²) >= 11 is 0. The van der Waals surface area contributed by atoms with E-state index in [1.807, 2.05) is 0 Å². The van der Waals surface area contributed by atoms with E-state index in [1.165, 1.54) is 24.3 Å². The van der Waals surface area contributed by atoms with Gasteiger partial charge in [0.05, 0.1) is 18.8 Å². The fraction of sp³-hybridized carbons (Fsp3) is 0.533. The van der Waals surface area contributed by atoms with Gasteiger partial charge >= 0.3 is 5.97 Å². The highest BCUT2D eigenvalue weighted by Gasteiger charge is 2.55. The molecule has 5 N–H and O–H groups in total. The van der Waals surface area contributed by atoms with E-state index in [2.05, 4.69) is 0 Å². The molecule has 0 spiro atoms. The SMILES string of the molecule is CCOC(=O)c1ccc([C@]2(O)[C@H](O)[C@@H](CO)O[C@H](O)[C@@H]2O)cc1. The number of carbonyl (C=O) groups excluding carboxylic acids is 1. The van der Waals surface area contributed by atoms with E-state index in [0.717, 1.165) is 0 Å². The average molecular weight is 328 g/mol. The lowest BCUT2D eigenvalue weighted by atomic mass is 9.78. The van der Waals surface area contributed by atoms with E-state index in [9.17, 15) is 30.3 Å². The molecule has 5 atom stereocenters. The second kappa shape index (κ2) is 6.91. The molecule has 1 aliphatic heterocycles. The first kappa shape index (κ1) is 17.8. The van der Waals surface area contributed by atoms with Crippen LogP contribution in [-0.4, -0.2) is 69.3 Å². The summed E-state index contributed by atoms with van der Waals surface area (Å²) in [4.78, 5) is 11.6. The lowest BCUT2D eigenvalue weighted by molar-refractivity contribution is -0.326. The van der Waals surface area contributed by atoms with Crippen molar-refractivity contribution in [2.45, 2.75) is 37.1 Å². The van der Waals surface area contributed by atoms with Gasteiger partial charge in [-0.2, -0.15) is 0 Å². The summed E-state index contributed by atoms with van der Waals surface area (Å²) in [5, 5.41) is 49.8. The predicted molar refractivity (Wildman–Crippen MR) is 76.3 cm³/mol. The topological polar surface area (TPSA) is 137 Å². The van der Waals surface area contributed by atoms with Crippen molar-refractivity contribution in [3.05, 3.63) is 35.4 Å². The van der Waals surface area contributed by atoms with Crippen molar-refractivity contribution in [1.82, 2.24) is 0 Å². The minimum Gasteiger partial charge on any atom is -0.462 e. The summed E-state index contributed by atoms with van der Waals surface area (Å²) < 4.78 is 9.68. The molecule has 1 aromatic carbocycles. The molecular weight excluding hydrogens is 308 g/mol. The third-order valence-electron chi connectivity index (χ3n) is 3.88. The van der Waals surface area contributed by atoms with E-state index in [4.69, 9.17) is 9.47 Å². The molecular formula is C15H20O8. The summed E-state index contributed by atoms with van der Waals surface area (Å²) in [5.41, 5.74) is -1.97. The van der Waals surface area contributed by atoms with Crippen molar-refractivity contribution in [3.8, 4) is 0 Å². The Morgan fingerprint density at radius 3 is 2.35 bits per heavy atom. The van der Waals surface area contributed by atoms with Gasteiger partial charge in [-0.05, 0) is 24.6 Å². The molecule has 0 aromatic heterocycles. The minimum atomic E-state index is -2.27. The number of rotatable bonds is 4. The average Bonchev–Trinajstić information content (AvgIpc) is 2.56. The van der Waals surface area contributed by atoms with Gasteiger partial charge in [-0.3, -0.25) is 0 Å². The molecule has 1 saturated heterocycles. The van der Waals surface area contributed by atoms with Crippen molar-refractivity contribution >= 4 is 5.97 Å². The van der Waals surface area contributed by atoms with E-state index in [0.29, 0.717) is 0 Å². The summed E-state index contributed by atoms with van der Waals surface area (Å²) in [6, 6.07) is 5.37. The Hall–Kier alpha value is -1.55. The Morgan fingerprint density at radius 2 is 1.83 bits per heavy atom. The van der Waals surface area contributed by atoms with Crippen LogP contribution >= 0.6 is 0 Å². The van der Waals surface area contributed by atoms with Crippen LogP contribution < -0.4 is 0 Å². The van der Waals surface area contributed by atoms with Crippen LogP contribution in [0.4, 0.5) is 0 Å². The van der Waals surface area contributed by atoms with Crippen LogP contribution in [0.25, 0.3) is 0 Å². The maximum Gasteiger partial charge on any atom is 0.338 e. The van der Waals surface area contributed by atoms with Gasteiger partial charge in [0, 0.05) is 0 Å². The largest absolute Gasteiger partial charge is 0.462 e. The molecule has 23 heavy (non-hydrogen) atoms. The molecule has 8 heteroatoms. The molecule has 0 saturated carbocycles. The van der Waals surface area contributed by atoms with Crippen molar-refractivity contribution < 1.29 is 39.8 Å². The van der Waals surface area contributed by atoms with Gasteiger partial charge in [-0.1, -0.05) is 12.1 Å². The normalized spacial score (nSPS) is 34.2. The highest BCUT2D eigenvalue weighted by Crippen LogP contribution is 2.37. The molecule has 0 amide bonds. The standard InChI is InChI=1S/C15H20O8/c1-2-22-13(19)8-3-5-9(6-4-8)15(21)11(17)10(7-16)23-14(20)12(15)18/h3-6,10-12,14,16-18,20-21H,2,7H2,1H3/t10-,11-,12+,14+,15+/m1/s1. The molecule has 1 aliphatic rings. The van der Waals surface area contributed by atoms with Crippen molar-refractivity contribution in [1.29, 1.82) is 0 Å². The fourth-order valence-corrected chi connectivity index (χ4v) is 2.58. The number of aliphatic hydroxyl groups excluding tert-OH is 4. The first-order valence-electron chi connectivity index (χ1n) is 7.16. The van der Waals surface area contributed by atoms with Gasteiger partial charge in [0.25, 0.3) is 0 Å². The van der Waals surface area contributed by atoms with E-state index in [1.54, 1.807) is 6.92 Å². The summed E-state index contributed by atoms with van der Waals surface area (Å²) in [6.07, 6.45) is -6.58. The van der Waals surface area contributed by atoms with Crippen LogP contribution in [0.1, 0.15) is 22.8 Å². The van der Waals surface area contributed by atoms with Crippen LogP contribution in [-0.2, 0) is 15.1 Å². The Bertz CT molecular complexity index is 545. The molecule has 2 rings (SSSR count). The number of carbonyl (C=O) groups is 1. The van der Waals surface area contributed by atoms with Gasteiger partial charge in [-0.15, -0.1) is 0 Å². The van der Waals surface area contributed by atoms with E-state index < -0.39 is 42.8 Å². The van der Waals surface area contributed by atoms with E-state index in [-0.39, 0.29) is 17.7 Å². The third kappa shape index (κ3) is 3.09. The Morgan fingerprint density at radius 1 is 1.22 bits per heavy atom. The van der Waals surface area contributed by atoms with Crippen LogP contribution in [0.15, 0.2) is 24.3 Å². The van der Waals surface area contributed by atoms with Crippen LogP contribution in [0, 0.1) is 0 Å².